The van der Waals surface area contributed by atoms with Crippen molar-refractivity contribution < 1.29 is 9.53 Å². The first-order valence-corrected chi connectivity index (χ1v) is 10.9. The number of hydrogen-bond acceptors (Lipinski definition) is 5. The number of hydrogen-bond donors (Lipinski definition) is 1. The van der Waals surface area contributed by atoms with Crippen molar-refractivity contribution >= 4 is 23.3 Å². The lowest BCUT2D eigenvalue weighted by Crippen LogP contribution is -2.43. The summed E-state index contributed by atoms with van der Waals surface area (Å²) >= 11 is 6.08. The van der Waals surface area contributed by atoms with Gasteiger partial charge in [0.2, 0.25) is 5.91 Å². The average Bonchev–Trinajstić information content (AvgIpc) is 2.83. The SMILES string of the molecule is COc1cccc(CNC(=O)C2CCCN(c3ccc(=O)n(-c4cccc(Cl)c4)n3)C2)c1. The number of methoxy groups -OCH3 is 1. The largest absolute Gasteiger partial charge is 0.497 e. The quantitative estimate of drug-likeness (QED) is 0.620. The van der Waals surface area contributed by atoms with Crippen molar-refractivity contribution in [3.63, 3.8) is 0 Å². The molecule has 0 spiro atoms. The summed E-state index contributed by atoms with van der Waals surface area (Å²) in [6.07, 6.45) is 1.68. The van der Waals surface area contributed by atoms with Crippen LogP contribution in [0.25, 0.3) is 5.69 Å². The Kier molecular flexibility index (Phi) is 6.75. The molecule has 0 radical (unpaired) electrons. The second-order valence-corrected chi connectivity index (χ2v) is 8.21. The van der Waals surface area contributed by atoms with E-state index >= 15 is 0 Å². The normalized spacial score (nSPS) is 15.9. The molecule has 2 heterocycles. The van der Waals surface area contributed by atoms with Crippen LogP contribution in [-0.4, -0.2) is 35.9 Å². The zero-order valence-corrected chi connectivity index (χ0v) is 18.6. The summed E-state index contributed by atoms with van der Waals surface area (Å²) in [4.78, 5) is 27.2. The van der Waals surface area contributed by atoms with E-state index in [9.17, 15) is 9.59 Å². The molecule has 1 saturated heterocycles. The average molecular weight is 453 g/mol. The first kappa shape index (κ1) is 21.9. The predicted molar refractivity (Wildman–Crippen MR) is 125 cm³/mol. The predicted octanol–water partition coefficient (Wildman–Crippen LogP) is 3.43. The van der Waals surface area contributed by atoms with E-state index in [0.29, 0.717) is 29.6 Å². The second kappa shape index (κ2) is 9.87. The summed E-state index contributed by atoms with van der Waals surface area (Å²) in [5, 5.41) is 8.11. The summed E-state index contributed by atoms with van der Waals surface area (Å²) < 4.78 is 6.58. The van der Waals surface area contributed by atoms with Gasteiger partial charge in [0.15, 0.2) is 0 Å². The van der Waals surface area contributed by atoms with Gasteiger partial charge in [-0.3, -0.25) is 9.59 Å². The van der Waals surface area contributed by atoms with E-state index in [-0.39, 0.29) is 17.4 Å². The lowest BCUT2D eigenvalue weighted by molar-refractivity contribution is -0.125. The maximum Gasteiger partial charge on any atom is 0.271 e. The fourth-order valence-corrected chi connectivity index (χ4v) is 4.06. The minimum atomic E-state index is -0.236. The Bertz CT molecular complexity index is 1160. The van der Waals surface area contributed by atoms with Gasteiger partial charge < -0.3 is 15.0 Å². The standard InChI is InChI=1S/C24H25ClN4O3/c1-32-21-9-2-5-17(13-21)15-26-24(31)18-6-4-12-28(16-18)22-10-11-23(30)29(27-22)20-8-3-7-19(25)14-20/h2-3,5,7-11,13-14,18H,4,6,12,15-16H2,1H3,(H,26,31). The number of piperidine rings is 1. The minimum absolute atomic E-state index is 0.0145. The van der Waals surface area contributed by atoms with Gasteiger partial charge in [0.25, 0.3) is 5.56 Å². The lowest BCUT2D eigenvalue weighted by atomic mass is 9.97. The Balaban J connectivity index is 1.45. The first-order valence-electron chi connectivity index (χ1n) is 10.6. The van der Waals surface area contributed by atoms with Crippen molar-refractivity contribution in [2.45, 2.75) is 19.4 Å². The van der Waals surface area contributed by atoms with Crippen LogP contribution >= 0.6 is 11.6 Å². The Morgan fingerprint density at radius 3 is 2.84 bits per heavy atom. The number of carbonyl (C=O) groups is 1. The van der Waals surface area contributed by atoms with Gasteiger partial charge in [-0.25, -0.2) is 0 Å². The van der Waals surface area contributed by atoms with Gasteiger partial charge in [0.1, 0.15) is 11.6 Å². The number of anilines is 1. The highest BCUT2D eigenvalue weighted by Gasteiger charge is 2.27. The molecule has 32 heavy (non-hydrogen) atoms. The van der Waals surface area contributed by atoms with Gasteiger partial charge in [-0.05, 0) is 54.8 Å². The molecule has 0 saturated carbocycles. The molecule has 4 rings (SSSR count). The van der Waals surface area contributed by atoms with Crippen molar-refractivity contribution in [2.24, 2.45) is 5.92 Å². The van der Waals surface area contributed by atoms with Crippen LogP contribution < -0.4 is 20.5 Å². The highest BCUT2D eigenvalue weighted by atomic mass is 35.5. The van der Waals surface area contributed by atoms with Gasteiger partial charge in [0.05, 0.1) is 18.7 Å². The molecule has 0 bridgehead atoms. The molecular weight excluding hydrogens is 428 g/mol. The van der Waals surface area contributed by atoms with Crippen LogP contribution in [0.3, 0.4) is 0 Å². The van der Waals surface area contributed by atoms with E-state index < -0.39 is 0 Å². The van der Waals surface area contributed by atoms with Gasteiger partial charge in [0, 0.05) is 30.7 Å². The lowest BCUT2D eigenvalue weighted by Gasteiger charge is -2.33. The molecule has 1 unspecified atom stereocenters. The van der Waals surface area contributed by atoms with Crippen molar-refractivity contribution in [3.8, 4) is 11.4 Å². The molecule has 0 aliphatic carbocycles. The number of amides is 1. The fraction of sp³-hybridized carbons (Fsp3) is 0.292. The van der Waals surface area contributed by atoms with Gasteiger partial charge in [-0.2, -0.15) is 4.68 Å². The Labute approximate surface area is 191 Å². The van der Waals surface area contributed by atoms with Crippen LogP contribution in [0.2, 0.25) is 5.02 Å². The topological polar surface area (TPSA) is 76.5 Å². The summed E-state index contributed by atoms with van der Waals surface area (Å²) in [5.41, 5.74) is 1.36. The molecule has 8 heteroatoms. The molecule has 1 N–H and O–H groups in total. The van der Waals surface area contributed by atoms with E-state index in [1.807, 2.05) is 24.3 Å². The number of rotatable bonds is 6. The van der Waals surface area contributed by atoms with E-state index in [1.54, 1.807) is 37.4 Å². The van der Waals surface area contributed by atoms with Crippen LogP contribution in [0, 0.1) is 5.92 Å². The van der Waals surface area contributed by atoms with Crippen LogP contribution in [0.1, 0.15) is 18.4 Å². The van der Waals surface area contributed by atoms with Gasteiger partial charge in [-0.15, -0.1) is 5.10 Å². The Hall–Kier alpha value is -3.32. The number of benzene rings is 2. The molecule has 3 aromatic rings. The first-order chi connectivity index (χ1) is 15.5. The Morgan fingerprint density at radius 1 is 1.19 bits per heavy atom. The highest BCUT2D eigenvalue weighted by Crippen LogP contribution is 2.22. The number of ether oxygens (including phenoxy) is 1. The molecule has 166 valence electrons. The van der Waals surface area contributed by atoms with Gasteiger partial charge >= 0.3 is 0 Å². The number of halogens is 1. The Morgan fingerprint density at radius 2 is 2.03 bits per heavy atom. The molecule has 1 atom stereocenters. The summed E-state index contributed by atoms with van der Waals surface area (Å²) in [6, 6.07) is 17.9. The summed E-state index contributed by atoms with van der Waals surface area (Å²) in [7, 11) is 1.62. The highest BCUT2D eigenvalue weighted by molar-refractivity contribution is 6.30. The van der Waals surface area contributed by atoms with Gasteiger partial charge in [-0.1, -0.05) is 29.8 Å². The van der Waals surface area contributed by atoms with Crippen molar-refractivity contribution in [1.82, 2.24) is 15.1 Å². The molecule has 1 aliphatic heterocycles. The van der Waals surface area contributed by atoms with Crippen molar-refractivity contribution in [1.29, 1.82) is 0 Å². The van der Waals surface area contributed by atoms with E-state index in [2.05, 4.69) is 15.3 Å². The maximum absolute atomic E-state index is 12.8. The molecule has 7 nitrogen and oxygen atoms in total. The number of nitrogens with one attached hydrogen (secondary N) is 1. The van der Waals surface area contributed by atoms with Crippen LogP contribution in [0.4, 0.5) is 5.82 Å². The molecule has 2 aromatic carbocycles. The zero-order chi connectivity index (χ0) is 22.5. The molecule has 1 aliphatic rings. The molecular formula is C24H25ClN4O3. The van der Waals surface area contributed by atoms with E-state index in [1.165, 1.54) is 10.7 Å². The molecule has 1 fully saturated rings. The smallest absolute Gasteiger partial charge is 0.271 e. The third kappa shape index (κ3) is 5.11. The van der Waals surface area contributed by atoms with Crippen LogP contribution in [-0.2, 0) is 11.3 Å². The van der Waals surface area contributed by atoms with Crippen molar-refractivity contribution in [3.05, 3.63) is 81.6 Å². The molecule has 1 amide bonds. The molecule has 1 aromatic heterocycles. The third-order valence-corrected chi connectivity index (χ3v) is 5.79. The zero-order valence-electron chi connectivity index (χ0n) is 17.8. The fourth-order valence-electron chi connectivity index (χ4n) is 3.88. The van der Waals surface area contributed by atoms with Crippen LogP contribution in [0.15, 0.2) is 65.5 Å². The maximum atomic E-state index is 12.8. The minimum Gasteiger partial charge on any atom is -0.497 e. The summed E-state index contributed by atoms with van der Waals surface area (Å²) in [5.74, 6) is 1.29. The van der Waals surface area contributed by atoms with E-state index in [0.717, 1.165) is 30.7 Å². The van der Waals surface area contributed by atoms with Crippen LogP contribution in [0.5, 0.6) is 5.75 Å². The number of aromatic nitrogens is 2. The third-order valence-electron chi connectivity index (χ3n) is 5.56. The summed E-state index contributed by atoms with van der Waals surface area (Å²) in [6.45, 7) is 1.77. The second-order valence-electron chi connectivity index (χ2n) is 7.78. The van der Waals surface area contributed by atoms with Crippen molar-refractivity contribution in [2.75, 3.05) is 25.1 Å². The number of carbonyl (C=O) groups excluding carboxylic acids is 1. The monoisotopic (exact) mass is 452 g/mol. The van der Waals surface area contributed by atoms with E-state index in [4.69, 9.17) is 16.3 Å². The number of nitrogens with zero attached hydrogens (tertiary/aromatic N) is 3.